The third-order valence-corrected chi connectivity index (χ3v) is 3.75. The maximum atomic E-state index is 10.9. The molecule has 4 nitrogen and oxygen atoms in total. The number of carboxylic acid groups (broad SMARTS) is 1. The summed E-state index contributed by atoms with van der Waals surface area (Å²) in [4.78, 5) is 15.1. The smallest absolute Gasteiger partial charge is 0.349 e. The van der Waals surface area contributed by atoms with Gasteiger partial charge >= 0.3 is 5.97 Å². The molecule has 4 heteroatoms. The van der Waals surface area contributed by atoms with Crippen LogP contribution in [-0.4, -0.2) is 35.4 Å². The zero-order valence-electron chi connectivity index (χ0n) is 8.84. The summed E-state index contributed by atoms with van der Waals surface area (Å²) in [5, 5.41) is 12.5. The van der Waals surface area contributed by atoms with Crippen LogP contribution in [0.3, 0.4) is 0 Å². The minimum Gasteiger partial charge on any atom is -0.477 e. The van der Waals surface area contributed by atoms with Crippen molar-refractivity contribution in [3.05, 3.63) is 24.3 Å². The van der Waals surface area contributed by atoms with Gasteiger partial charge in [0.05, 0.1) is 6.54 Å². The number of fused-ring (bicyclic) bond motifs is 3. The molecule has 2 heterocycles. The van der Waals surface area contributed by atoms with Crippen molar-refractivity contribution in [3.8, 4) is 0 Å². The van der Waals surface area contributed by atoms with Crippen molar-refractivity contribution in [1.29, 1.82) is 0 Å². The molecule has 0 aromatic carbocycles. The molecular formula is C12H14N2O2. The number of aliphatic imine (C=N–C) groups is 1. The van der Waals surface area contributed by atoms with Crippen molar-refractivity contribution < 1.29 is 9.90 Å². The van der Waals surface area contributed by atoms with E-state index in [0.29, 0.717) is 42.6 Å². The largest absolute Gasteiger partial charge is 0.477 e. The zero-order chi connectivity index (χ0) is 11.1. The lowest BCUT2D eigenvalue weighted by Gasteiger charge is -2.25. The molecule has 84 valence electrons. The van der Waals surface area contributed by atoms with Gasteiger partial charge in [0.2, 0.25) is 0 Å². The van der Waals surface area contributed by atoms with E-state index < -0.39 is 5.97 Å². The normalized spacial score (nSPS) is 40.1. The highest BCUT2D eigenvalue weighted by molar-refractivity contribution is 6.35. The van der Waals surface area contributed by atoms with Crippen LogP contribution in [0.5, 0.6) is 0 Å². The van der Waals surface area contributed by atoms with Gasteiger partial charge in [-0.3, -0.25) is 4.99 Å². The standard InChI is InChI=1S/C12H14N2O2/c15-12(16)10-5-8-7-3-1-2-4-9(7)14-11(8)6-13-10/h1-4,7-9,11,14H,5-6H2,(H,15,16). The van der Waals surface area contributed by atoms with E-state index in [1.807, 2.05) is 6.08 Å². The quantitative estimate of drug-likeness (QED) is 0.678. The topological polar surface area (TPSA) is 61.7 Å². The number of allylic oxidation sites excluding steroid dienone is 2. The van der Waals surface area contributed by atoms with Crippen molar-refractivity contribution in [3.63, 3.8) is 0 Å². The Bertz CT molecular complexity index is 411. The Morgan fingerprint density at radius 1 is 1.44 bits per heavy atom. The zero-order valence-corrected chi connectivity index (χ0v) is 8.84. The molecule has 1 saturated heterocycles. The van der Waals surface area contributed by atoms with Crippen molar-refractivity contribution in [2.24, 2.45) is 16.8 Å². The molecule has 1 aliphatic carbocycles. The van der Waals surface area contributed by atoms with E-state index in [1.54, 1.807) is 0 Å². The maximum Gasteiger partial charge on any atom is 0.349 e. The molecular weight excluding hydrogens is 204 g/mol. The highest BCUT2D eigenvalue weighted by atomic mass is 16.4. The van der Waals surface area contributed by atoms with E-state index in [0.717, 1.165) is 0 Å². The molecule has 2 N–H and O–H groups in total. The fourth-order valence-electron chi connectivity index (χ4n) is 2.96. The first-order chi connectivity index (χ1) is 7.75. The number of carboxylic acids is 1. The van der Waals surface area contributed by atoms with Crippen LogP contribution in [-0.2, 0) is 4.79 Å². The van der Waals surface area contributed by atoms with Gasteiger partial charge in [-0.2, -0.15) is 0 Å². The molecule has 0 spiro atoms. The number of hydrogen-bond acceptors (Lipinski definition) is 3. The van der Waals surface area contributed by atoms with Crippen molar-refractivity contribution in [2.75, 3.05) is 6.54 Å². The second-order valence-electron chi connectivity index (χ2n) is 4.61. The van der Waals surface area contributed by atoms with Gasteiger partial charge in [-0.25, -0.2) is 4.79 Å². The summed E-state index contributed by atoms with van der Waals surface area (Å²) in [6, 6.07) is 0.703. The molecule has 4 unspecified atom stereocenters. The second-order valence-corrected chi connectivity index (χ2v) is 4.61. The van der Waals surface area contributed by atoms with Gasteiger partial charge in [-0.1, -0.05) is 24.3 Å². The predicted molar refractivity (Wildman–Crippen MR) is 60.5 cm³/mol. The van der Waals surface area contributed by atoms with Gasteiger partial charge in [0, 0.05) is 24.4 Å². The van der Waals surface area contributed by atoms with Gasteiger partial charge in [0.15, 0.2) is 0 Å². The Balaban J connectivity index is 1.84. The third kappa shape index (κ3) is 1.41. The number of carbonyl (C=O) groups is 1. The Morgan fingerprint density at radius 3 is 3.06 bits per heavy atom. The first kappa shape index (κ1) is 9.78. The Labute approximate surface area is 93.8 Å². The number of nitrogens with zero attached hydrogens (tertiary/aromatic N) is 1. The van der Waals surface area contributed by atoms with E-state index in [4.69, 9.17) is 5.11 Å². The average molecular weight is 218 g/mol. The highest BCUT2D eigenvalue weighted by Gasteiger charge is 2.43. The maximum absolute atomic E-state index is 10.9. The van der Waals surface area contributed by atoms with Crippen LogP contribution in [0.1, 0.15) is 6.42 Å². The minimum atomic E-state index is -0.864. The van der Waals surface area contributed by atoms with Crippen LogP contribution in [0, 0.1) is 11.8 Å². The lowest BCUT2D eigenvalue weighted by molar-refractivity contribution is -0.129. The van der Waals surface area contributed by atoms with E-state index in [2.05, 4.69) is 28.5 Å². The van der Waals surface area contributed by atoms with Gasteiger partial charge in [0.1, 0.15) is 5.71 Å². The van der Waals surface area contributed by atoms with E-state index in [1.165, 1.54) is 0 Å². The number of rotatable bonds is 1. The summed E-state index contributed by atoms with van der Waals surface area (Å²) in [5.74, 6) is -0.0492. The Kier molecular flexibility index (Phi) is 2.17. The first-order valence-corrected chi connectivity index (χ1v) is 5.63. The molecule has 0 bridgehead atoms. The summed E-state index contributed by atoms with van der Waals surface area (Å²) in [6.07, 6.45) is 9.03. The van der Waals surface area contributed by atoms with Crippen LogP contribution >= 0.6 is 0 Å². The van der Waals surface area contributed by atoms with E-state index in [9.17, 15) is 4.79 Å². The molecule has 16 heavy (non-hydrogen) atoms. The molecule has 1 fully saturated rings. The minimum absolute atomic E-state index is 0.338. The number of nitrogens with one attached hydrogen (secondary N) is 1. The Hall–Kier alpha value is -1.42. The summed E-state index contributed by atoms with van der Waals surface area (Å²) in [7, 11) is 0. The summed E-state index contributed by atoms with van der Waals surface area (Å²) >= 11 is 0. The lowest BCUT2D eigenvalue weighted by atomic mass is 9.80. The summed E-state index contributed by atoms with van der Waals surface area (Å²) in [6.45, 7) is 0.598. The number of aliphatic carboxylic acids is 1. The molecule has 3 aliphatic rings. The monoisotopic (exact) mass is 218 g/mol. The third-order valence-electron chi connectivity index (χ3n) is 3.75. The van der Waals surface area contributed by atoms with Gasteiger partial charge in [-0.05, 0) is 5.92 Å². The fourth-order valence-corrected chi connectivity index (χ4v) is 2.96. The van der Waals surface area contributed by atoms with Crippen molar-refractivity contribution in [1.82, 2.24) is 5.32 Å². The number of hydrogen-bond donors (Lipinski definition) is 2. The first-order valence-electron chi connectivity index (χ1n) is 5.63. The molecule has 0 aromatic rings. The van der Waals surface area contributed by atoms with Gasteiger partial charge < -0.3 is 10.4 Å². The summed E-state index contributed by atoms with van der Waals surface area (Å²) < 4.78 is 0. The lowest BCUT2D eigenvalue weighted by Crippen LogP contribution is -2.38. The van der Waals surface area contributed by atoms with E-state index >= 15 is 0 Å². The molecule has 0 radical (unpaired) electrons. The van der Waals surface area contributed by atoms with Crippen LogP contribution in [0.4, 0.5) is 0 Å². The van der Waals surface area contributed by atoms with Crippen LogP contribution in [0.25, 0.3) is 0 Å². The average Bonchev–Trinajstić information content (AvgIpc) is 2.66. The van der Waals surface area contributed by atoms with Crippen LogP contribution < -0.4 is 5.32 Å². The van der Waals surface area contributed by atoms with Crippen molar-refractivity contribution >= 4 is 11.7 Å². The molecule has 0 aromatic heterocycles. The SMILES string of the molecule is O=C(O)C1=NCC2NC3C=CC=CC3C2C1. The van der Waals surface area contributed by atoms with Gasteiger partial charge in [-0.15, -0.1) is 0 Å². The second kappa shape index (κ2) is 3.56. The molecule has 0 saturated carbocycles. The Morgan fingerprint density at radius 2 is 2.25 bits per heavy atom. The summed E-state index contributed by atoms with van der Waals surface area (Å²) in [5.41, 5.74) is 0.339. The predicted octanol–water partition coefficient (Wildman–Crippen LogP) is 0.615. The molecule has 3 rings (SSSR count). The van der Waals surface area contributed by atoms with Gasteiger partial charge in [0.25, 0.3) is 0 Å². The van der Waals surface area contributed by atoms with Crippen molar-refractivity contribution in [2.45, 2.75) is 18.5 Å². The van der Waals surface area contributed by atoms with E-state index in [-0.39, 0.29) is 0 Å². The van der Waals surface area contributed by atoms with Crippen LogP contribution in [0.15, 0.2) is 29.3 Å². The molecule has 2 aliphatic heterocycles. The molecule has 0 amide bonds. The highest BCUT2D eigenvalue weighted by Crippen LogP contribution is 2.36. The fraction of sp³-hybridized carbons (Fsp3) is 0.500. The van der Waals surface area contributed by atoms with Crippen LogP contribution in [0.2, 0.25) is 0 Å². The molecule has 4 atom stereocenters.